The molecule has 1 aromatic heterocycles. The molecule has 7 heteroatoms. The van der Waals surface area contributed by atoms with E-state index in [1.165, 1.54) is 0 Å². The number of hydrogen-bond acceptors (Lipinski definition) is 5. The average Bonchev–Trinajstić information content (AvgIpc) is 2.82. The molecule has 6 nitrogen and oxygen atoms in total. The van der Waals surface area contributed by atoms with Crippen molar-refractivity contribution in [1.29, 1.82) is 0 Å². The highest BCUT2D eigenvalue weighted by atomic mass is 32.1. The first-order valence-corrected chi connectivity index (χ1v) is 7.53. The lowest BCUT2D eigenvalue weighted by Crippen LogP contribution is -2.14. The number of anilines is 1. The maximum absolute atomic E-state index is 12.0. The number of benzene rings is 1. The van der Waals surface area contributed by atoms with Crippen LogP contribution in [-0.4, -0.2) is 28.6 Å². The van der Waals surface area contributed by atoms with Crippen molar-refractivity contribution in [3.8, 4) is 5.75 Å². The van der Waals surface area contributed by atoms with Crippen LogP contribution in [0.2, 0.25) is 0 Å². The molecule has 0 unspecified atom stereocenters. The van der Waals surface area contributed by atoms with Gasteiger partial charge in [0.25, 0.3) is 0 Å². The van der Waals surface area contributed by atoms with Crippen LogP contribution in [0, 0.1) is 6.92 Å². The first-order valence-electron chi connectivity index (χ1n) is 6.72. The third kappa shape index (κ3) is 4.05. The van der Waals surface area contributed by atoms with Crippen molar-refractivity contribution in [2.45, 2.75) is 20.3 Å². The summed E-state index contributed by atoms with van der Waals surface area (Å²) in [6.45, 7) is 4.10. The quantitative estimate of drug-likeness (QED) is 0.854. The van der Waals surface area contributed by atoms with Gasteiger partial charge in [0, 0.05) is 5.69 Å². The smallest absolute Gasteiger partial charge is 0.347 e. The predicted molar refractivity (Wildman–Crippen MR) is 83.8 cm³/mol. The minimum atomic E-state index is -1.02. The lowest BCUT2D eigenvalue weighted by atomic mass is 10.3. The van der Waals surface area contributed by atoms with Crippen molar-refractivity contribution in [1.82, 2.24) is 4.98 Å². The highest BCUT2D eigenvalue weighted by Crippen LogP contribution is 2.19. The monoisotopic (exact) mass is 320 g/mol. The van der Waals surface area contributed by atoms with Gasteiger partial charge in [-0.05, 0) is 38.1 Å². The molecule has 1 heterocycles. The van der Waals surface area contributed by atoms with Gasteiger partial charge in [-0.2, -0.15) is 0 Å². The van der Waals surface area contributed by atoms with Crippen LogP contribution in [0.3, 0.4) is 0 Å². The number of amides is 1. The average molecular weight is 320 g/mol. The Labute approximate surface area is 131 Å². The third-order valence-corrected chi connectivity index (χ3v) is 3.94. The number of ether oxygens (including phenoxy) is 1. The number of carboxylic acid groups (broad SMARTS) is 1. The normalized spacial score (nSPS) is 10.3. The molecule has 0 aliphatic carbocycles. The Bertz CT molecular complexity index is 679. The number of aryl methyl sites for hydroxylation is 1. The molecule has 116 valence electrons. The largest absolute Gasteiger partial charge is 0.494 e. The topological polar surface area (TPSA) is 88.5 Å². The van der Waals surface area contributed by atoms with Crippen LogP contribution in [0.4, 0.5) is 5.69 Å². The molecule has 0 fully saturated rings. The molecule has 0 aliphatic heterocycles. The summed E-state index contributed by atoms with van der Waals surface area (Å²) >= 11 is 1.02. The number of carbonyl (C=O) groups excluding carboxylic acids is 1. The van der Waals surface area contributed by atoms with Gasteiger partial charge in [0.15, 0.2) is 0 Å². The van der Waals surface area contributed by atoms with E-state index in [4.69, 9.17) is 9.84 Å². The summed E-state index contributed by atoms with van der Waals surface area (Å²) in [5.74, 6) is -0.523. The van der Waals surface area contributed by atoms with E-state index in [1.807, 2.05) is 6.92 Å². The van der Waals surface area contributed by atoms with Gasteiger partial charge in [-0.15, -0.1) is 11.3 Å². The molecular formula is C15H16N2O4S. The van der Waals surface area contributed by atoms with Gasteiger partial charge in [-0.25, -0.2) is 9.78 Å². The molecule has 1 amide bonds. The number of nitrogens with one attached hydrogen (secondary N) is 1. The zero-order valence-corrected chi connectivity index (χ0v) is 13.1. The Balaban J connectivity index is 1.97. The minimum Gasteiger partial charge on any atom is -0.494 e. The summed E-state index contributed by atoms with van der Waals surface area (Å²) in [6, 6.07) is 7.04. The van der Waals surface area contributed by atoms with Crippen molar-refractivity contribution in [3.05, 3.63) is 39.8 Å². The molecule has 22 heavy (non-hydrogen) atoms. The van der Waals surface area contributed by atoms with E-state index in [2.05, 4.69) is 10.3 Å². The molecule has 2 aromatic rings. The Hall–Kier alpha value is -2.41. The molecule has 0 bridgehead atoms. The van der Waals surface area contributed by atoms with Gasteiger partial charge in [-0.3, -0.25) is 4.79 Å². The van der Waals surface area contributed by atoms with Crippen LogP contribution < -0.4 is 10.1 Å². The summed E-state index contributed by atoms with van der Waals surface area (Å²) in [4.78, 5) is 27.2. The molecule has 2 rings (SSSR count). The Morgan fingerprint density at radius 2 is 2.00 bits per heavy atom. The fourth-order valence-electron chi connectivity index (χ4n) is 1.87. The SMILES string of the molecule is CCOc1ccc(NC(=O)Cc2nc(C)c(C(=O)O)s2)cc1. The first-order chi connectivity index (χ1) is 10.5. The summed E-state index contributed by atoms with van der Waals surface area (Å²) in [5.41, 5.74) is 1.08. The van der Waals surface area contributed by atoms with E-state index in [0.29, 0.717) is 23.0 Å². The molecular weight excluding hydrogens is 304 g/mol. The van der Waals surface area contributed by atoms with Gasteiger partial charge in [0.2, 0.25) is 5.91 Å². The van der Waals surface area contributed by atoms with Crippen molar-refractivity contribution >= 4 is 28.9 Å². The van der Waals surface area contributed by atoms with Crippen LogP contribution in [-0.2, 0) is 11.2 Å². The fraction of sp³-hybridized carbons (Fsp3) is 0.267. The van der Waals surface area contributed by atoms with Crippen molar-refractivity contribution in [2.75, 3.05) is 11.9 Å². The van der Waals surface area contributed by atoms with Gasteiger partial charge in [-0.1, -0.05) is 0 Å². The van der Waals surface area contributed by atoms with Gasteiger partial charge >= 0.3 is 5.97 Å². The Morgan fingerprint density at radius 3 is 2.55 bits per heavy atom. The molecule has 0 spiro atoms. The van der Waals surface area contributed by atoms with Crippen molar-refractivity contribution in [3.63, 3.8) is 0 Å². The van der Waals surface area contributed by atoms with E-state index in [-0.39, 0.29) is 17.2 Å². The number of hydrogen-bond donors (Lipinski definition) is 2. The number of nitrogens with zero attached hydrogens (tertiary/aromatic N) is 1. The summed E-state index contributed by atoms with van der Waals surface area (Å²) in [7, 11) is 0. The third-order valence-electron chi connectivity index (χ3n) is 2.80. The molecule has 2 N–H and O–H groups in total. The number of aromatic carboxylic acids is 1. The number of carboxylic acids is 1. The van der Waals surface area contributed by atoms with Crippen LogP contribution in [0.1, 0.15) is 27.3 Å². The number of thiazole rings is 1. The highest BCUT2D eigenvalue weighted by molar-refractivity contribution is 7.13. The molecule has 0 atom stereocenters. The fourth-order valence-corrected chi connectivity index (χ4v) is 2.77. The maximum atomic E-state index is 12.0. The number of aromatic nitrogens is 1. The van der Waals surface area contributed by atoms with E-state index in [0.717, 1.165) is 17.1 Å². The molecule has 1 aromatic carbocycles. The van der Waals surface area contributed by atoms with Crippen molar-refractivity contribution in [2.24, 2.45) is 0 Å². The van der Waals surface area contributed by atoms with Crippen LogP contribution >= 0.6 is 11.3 Å². The van der Waals surface area contributed by atoms with Gasteiger partial charge in [0.1, 0.15) is 15.6 Å². The zero-order valence-electron chi connectivity index (χ0n) is 12.3. The van der Waals surface area contributed by atoms with Crippen LogP contribution in [0.25, 0.3) is 0 Å². The lowest BCUT2D eigenvalue weighted by molar-refractivity contribution is -0.115. The van der Waals surface area contributed by atoms with Crippen LogP contribution in [0.5, 0.6) is 5.75 Å². The second kappa shape index (κ2) is 7.04. The summed E-state index contributed by atoms with van der Waals surface area (Å²) in [6.07, 6.45) is 0.0476. The predicted octanol–water partition coefficient (Wildman–Crippen LogP) is 2.73. The second-order valence-electron chi connectivity index (χ2n) is 4.51. The second-order valence-corrected chi connectivity index (χ2v) is 5.59. The standard InChI is InChI=1S/C15H16N2O4S/c1-3-21-11-6-4-10(5-7-11)17-12(18)8-13-16-9(2)14(22-13)15(19)20/h4-7H,3,8H2,1-2H3,(H,17,18)(H,19,20). The lowest BCUT2D eigenvalue weighted by Gasteiger charge is -2.06. The van der Waals surface area contributed by atoms with Gasteiger partial charge in [0.05, 0.1) is 18.7 Å². The molecule has 0 aliphatic rings. The summed E-state index contributed by atoms with van der Waals surface area (Å²) in [5, 5.41) is 12.2. The highest BCUT2D eigenvalue weighted by Gasteiger charge is 2.16. The Morgan fingerprint density at radius 1 is 1.32 bits per heavy atom. The molecule has 0 radical (unpaired) electrons. The first kappa shape index (κ1) is 16.0. The molecule has 0 saturated carbocycles. The van der Waals surface area contributed by atoms with Gasteiger partial charge < -0.3 is 15.2 Å². The van der Waals surface area contributed by atoms with Crippen LogP contribution in [0.15, 0.2) is 24.3 Å². The number of rotatable bonds is 6. The minimum absolute atomic E-state index is 0.0476. The van der Waals surface area contributed by atoms with E-state index >= 15 is 0 Å². The van der Waals surface area contributed by atoms with E-state index in [9.17, 15) is 9.59 Å². The zero-order chi connectivity index (χ0) is 16.1. The Kier molecular flexibility index (Phi) is 5.11. The summed E-state index contributed by atoms with van der Waals surface area (Å²) < 4.78 is 5.32. The number of carbonyl (C=O) groups is 2. The van der Waals surface area contributed by atoms with Crippen molar-refractivity contribution < 1.29 is 19.4 Å². The maximum Gasteiger partial charge on any atom is 0.347 e. The van der Waals surface area contributed by atoms with E-state index < -0.39 is 5.97 Å². The van der Waals surface area contributed by atoms with E-state index in [1.54, 1.807) is 31.2 Å². The molecule has 0 saturated heterocycles.